The molecule has 1 saturated heterocycles. The molecule has 0 spiro atoms. The number of hydrogen-bond acceptors (Lipinski definition) is 6. The van der Waals surface area contributed by atoms with E-state index in [9.17, 15) is 14.7 Å². The minimum atomic E-state index is -0.786. The highest BCUT2D eigenvalue weighted by Gasteiger charge is 2.27. The van der Waals surface area contributed by atoms with Crippen LogP contribution in [0.15, 0.2) is 24.3 Å². The molecule has 3 atom stereocenters. The predicted octanol–water partition coefficient (Wildman–Crippen LogP) is 2.58. The molecule has 0 radical (unpaired) electrons. The fourth-order valence-corrected chi connectivity index (χ4v) is 4.14. The van der Waals surface area contributed by atoms with Gasteiger partial charge in [0.1, 0.15) is 5.75 Å². The van der Waals surface area contributed by atoms with E-state index in [1.54, 1.807) is 24.1 Å². The van der Waals surface area contributed by atoms with Gasteiger partial charge in [-0.15, -0.1) is 0 Å². The summed E-state index contributed by atoms with van der Waals surface area (Å²) < 4.78 is 10.9. The van der Waals surface area contributed by atoms with E-state index in [0.717, 1.165) is 25.7 Å². The molecule has 1 aromatic rings. The molecular formula is C26H43N3O5. The molecule has 0 aliphatic carbocycles. The van der Waals surface area contributed by atoms with Crippen molar-refractivity contribution >= 4 is 11.8 Å². The maximum absolute atomic E-state index is 12.9. The highest BCUT2D eigenvalue weighted by Crippen LogP contribution is 2.21. The van der Waals surface area contributed by atoms with Crippen molar-refractivity contribution in [3.05, 3.63) is 29.8 Å². The van der Waals surface area contributed by atoms with Crippen LogP contribution >= 0.6 is 0 Å². The summed E-state index contributed by atoms with van der Waals surface area (Å²) in [4.78, 5) is 26.7. The van der Waals surface area contributed by atoms with Gasteiger partial charge in [-0.3, -0.25) is 9.59 Å². The number of aliphatic hydroxyl groups excluding tert-OH is 1. The lowest BCUT2D eigenvalue weighted by Gasteiger charge is -2.32. The highest BCUT2D eigenvalue weighted by molar-refractivity contribution is 5.96. The van der Waals surface area contributed by atoms with Crippen LogP contribution < -0.4 is 15.8 Å². The van der Waals surface area contributed by atoms with Gasteiger partial charge in [0, 0.05) is 45.8 Å². The Hall–Kier alpha value is -2.16. The average molecular weight is 478 g/mol. The fourth-order valence-electron chi connectivity index (χ4n) is 4.14. The lowest BCUT2D eigenvalue weighted by atomic mass is 9.87. The number of amides is 2. The summed E-state index contributed by atoms with van der Waals surface area (Å²) >= 11 is 0. The number of benzene rings is 1. The second kappa shape index (κ2) is 15.0. The normalized spacial score (nSPS) is 16.9. The molecule has 1 heterocycles. The van der Waals surface area contributed by atoms with E-state index >= 15 is 0 Å². The van der Waals surface area contributed by atoms with E-state index in [2.05, 4.69) is 19.2 Å². The van der Waals surface area contributed by atoms with Gasteiger partial charge in [0.05, 0.1) is 18.3 Å². The van der Waals surface area contributed by atoms with E-state index < -0.39 is 12.1 Å². The Morgan fingerprint density at radius 3 is 2.65 bits per heavy atom. The van der Waals surface area contributed by atoms with E-state index in [1.165, 1.54) is 0 Å². The molecule has 2 rings (SSSR count). The fraction of sp³-hybridized carbons (Fsp3) is 0.692. The van der Waals surface area contributed by atoms with E-state index in [4.69, 9.17) is 15.2 Å². The Labute approximate surface area is 204 Å². The number of para-hydroxylation sites is 1. The Morgan fingerprint density at radius 1 is 1.21 bits per heavy atom. The van der Waals surface area contributed by atoms with Crippen LogP contribution in [0, 0.1) is 11.8 Å². The molecule has 8 heteroatoms. The second-order valence-electron chi connectivity index (χ2n) is 9.52. The van der Waals surface area contributed by atoms with Gasteiger partial charge < -0.3 is 30.5 Å². The van der Waals surface area contributed by atoms with Crippen molar-refractivity contribution in [3.8, 4) is 5.75 Å². The van der Waals surface area contributed by atoms with Crippen LogP contribution in [0.4, 0.5) is 0 Å². The summed E-state index contributed by atoms with van der Waals surface area (Å²) in [6, 6.07) is 6.77. The van der Waals surface area contributed by atoms with E-state index in [1.807, 2.05) is 12.1 Å². The van der Waals surface area contributed by atoms with Crippen LogP contribution in [0.5, 0.6) is 5.75 Å². The van der Waals surface area contributed by atoms with Crippen LogP contribution in [0.25, 0.3) is 0 Å². The molecule has 1 aromatic carbocycles. The topological polar surface area (TPSA) is 114 Å². The molecular weight excluding hydrogens is 434 g/mol. The molecule has 1 fully saturated rings. The molecule has 1 aliphatic rings. The minimum Gasteiger partial charge on any atom is -0.493 e. The zero-order valence-corrected chi connectivity index (χ0v) is 21.0. The standard InChI is InChI=1S/C26H43N3O5/c1-19(2)20(16-22(27)23(30)18-29-13-7-6-12-25(29)31)17-28-26(32)21-10-4-5-11-24(21)34-15-9-8-14-33-3/h4-5,10-11,19-20,22-23,30H,6-9,12-18,27H2,1-3H3,(H,28,32)/t20-,22+,23+/m1/s1. The zero-order valence-electron chi connectivity index (χ0n) is 21.0. The zero-order chi connectivity index (χ0) is 24.9. The third-order valence-electron chi connectivity index (χ3n) is 6.50. The van der Waals surface area contributed by atoms with E-state index in [0.29, 0.717) is 50.5 Å². The van der Waals surface area contributed by atoms with Gasteiger partial charge in [-0.25, -0.2) is 0 Å². The van der Waals surface area contributed by atoms with Crippen molar-refractivity contribution in [2.45, 2.75) is 64.5 Å². The summed E-state index contributed by atoms with van der Waals surface area (Å²) in [6.07, 6.45) is 3.94. The van der Waals surface area contributed by atoms with Gasteiger partial charge in [0.2, 0.25) is 5.91 Å². The van der Waals surface area contributed by atoms with E-state index in [-0.39, 0.29) is 30.2 Å². The van der Waals surface area contributed by atoms with Crippen molar-refractivity contribution in [2.24, 2.45) is 17.6 Å². The van der Waals surface area contributed by atoms with Gasteiger partial charge in [-0.1, -0.05) is 26.0 Å². The molecule has 8 nitrogen and oxygen atoms in total. The number of carbonyl (C=O) groups is 2. The number of hydrogen-bond donors (Lipinski definition) is 3. The largest absolute Gasteiger partial charge is 0.493 e. The third-order valence-corrected chi connectivity index (χ3v) is 6.50. The van der Waals surface area contributed by atoms with Crippen molar-refractivity contribution in [1.29, 1.82) is 0 Å². The number of nitrogens with one attached hydrogen (secondary N) is 1. The van der Waals surface area contributed by atoms with Gasteiger partial charge in [0.25, 0.3) is 5.91 Å². The summed E-state index contributed by atoms with van der Waals surface area (Å²) in [5, 5.41) is 13.6. The maximum atomic E-state index is 12.9. The minimum absolute atomic E-state index is 0.0877. The number of methoxy groups -OCH3 is 1. The summed E-state index contributed by atoms with van der Waals surface area (Å²) in [7, 11) is 1.67. The number of nitrogens with zero attached hydrogens (tertiary/aromatic N) is 1. The van der Waals surface area contributed by atoms with Crippen molar-refractivity contribution in [1.82, 2.24) is 10.2 Å². The number of β-amino-alcohol motifs (C(OH)–C–C–N with tert-alkyl or cyclic N) is 1. The number of rotatable bonds is 15. The molecule has 0 aromatic heterocycles. The molecule has 1 aliphatic heterocycles. The predicted molar refractivity (Wildman–Crippen MR) is 133 cm³/mol. The number of nitrogens with two attached hydrogens (primary N) is 1. The van der Waals surface area contributed by atoms with Gasteiger partial charge >= 0.3 is 0 Å². The lowest BCUT2D eigenvalue weighted by molar-refractivity contribution is -0.135. The number of carbonyl (C=O) groups excluding carboxylic acids is 2. The van der Waals surface area contributed by atoms with Crippen LogP contribution in [0.2, 0.25) is 0 Å². The van der Waals surface area contributed by atoms with Crippen LogP contribution in [0.3, 0.4) is 0 Å². The highest BCUT2D eigenvalue weighted by atomic mass is 16.5. The molecule has 192 valence electrons. The SMILES string of the molecule is COCCCCOc1ccccc1C(=O)NC[C@@H](C[C@H](N)[C@@H](O)CN1CCCCC1=O)C(C)C. The smallest absolute Gasteiger partial charge is 0.255 e. The number of aliphatic hydroxyl groups is 1. The molecule has 0 unspecified atom stereocenters. The van der Waals surface area contributed by atoms with Gasteiger partial charge in [-0.2, -0.15) is 0 Å². The van der Waals surface area contributed by atoms with Gasteiger partial charge in [0.15, 0.2) is 0 Å². The van der Waals surface area contributed by atoms with Crippen LogP contribution in [0.1, 0.15) is 62.7 Å². The first kappa shape index (κ1) is 28.1. The first-order chi connectivity index (χ1) is 16.3. The van der Waals surface area contributed by atoms with Gasteiger partial charge in [-0.05, 0) is 56.1 Å². The number of piperidine rings is 1. The van der Waals surface area contributed by atoms with Crippen molar-refractivity contribution in [2.75, 3.05) is 40.0 Å². The lowest BCUT2D eigenvalue weighted by Crippen LogP contribution is -2.48. The first-order valence-corrected chi connectivity index (χ1v) is 12.5. The van der Waals surface area contributed by atoms with Crippen LogP contribution in [-0.2, 0) is 9.53 Å². The molecule has 0 bridgehead atoms. The number of unbranched alkanes of at least 4 members (excludes halogenated alkanes) is 1. The maximum Gasteiger partial charge on any atom is 0.255 e. The second-order valence-corrected chi connectivity index (χ2v) is 9.52. The molecule has 2 amide bonds. The first-order valence-electron chi connectivity index (χ1n) is 12.5. The number of likely N-dealkylation sites (tertiary alicyclic amines) is 1. The Kier molecular flexibility index (Phi) is 12.4. The van der Waals surface area contributed by atoms with Crippen molar-refractivity contribution < 1.29 is 24.2 Å². The van der Waals surface area contributed by atoms with Crippen molar-refractivity contribution in [3.63, 3.8) is 0 Å². The summed E-state index contributed by atoms with van der Waals surface area (Å²) in [5.74, 6) is 0.822. The van der Waals surface area contributed by atoms with Crippen LogP contribution in [-0.4, -0.2) is 73.9 Å². The monoisotopic (exact) mass is 477 g/mol. The molecule has 0 saturated carbocycles. The molecule has 34 heavy (non-hydrogen) atoms. The third kappa shape index (κ3) is 9.24. The Bertz CT molecular complexity index is 758. The summed E-state index contributed by atoms with van der Waals surface area (Å²) in [5.41, 5.74) is 6.82. The Balaban J connectivity index is 1.87. The molecule has 4 N–H and O–H groups in total. The Morgan fingerprint density at radius 2 is 1.94 bits per heavy atom. The quantitative estimate of drug-likeness (QED) is 0.335. The average Bonchev–Trinajstić information content (AvgIpc) is 2.82. The number of ether oxygens (including phenoxy) is 2. The summed E-state index contributed by atoms with van der Waals surface area (Å²) in [6.45, 7) is 6.78.